The Morgan fingerprint density at radius 1 is 1.43 bits per heavy atom. The van der Waals surface area contributed by atoms with Crippen LogP contribution in [0.5, 0.6) is 0 Å². The number of unbranched alkanes of at least 4 members (excludes halogenated alkanes) is 2. The van der Waals surface area contributed by atoms with Gasteiger partial charge in [-0.2, -0.15) is 5.26 Å². The van der Waals surface area contributed by atoms with Gasteiger partial charge < -0.3 is 5.32 Å². The van der Waals surface area contributed by atoms with Gasteiger partial charge in [-0.15, -0.1) is 6.58 Å². The lowest BCUT2D eigenvalue weighted by atomic mass is 10.00. The molecule has 0 spiro atoms. The van der Waals surface area contributed by atoms with Crippen molar-refractivity contribution in [3.05, 3.63) is 12.7 Å². The van der Waals surface area contributed by atoms with Crippen LogP contribution >= 0.6 is 0 Å². The summed E-state index contributed by atoms with van der Waals surface area (Å²) in [4.78, 5) is 0. The Hall–Kier alpha value is -0.810. The molecule has 0 radical (unpaired) electrons. The van der Waals surface area contributed by atoms with Crippen molar-refractivity contribution >= 4 is 0 Å². The molecule has 0 bridgehead atoms. The second kappa shape index (κ2) is 8.77. The highest BCUT2D eigenvalue weighted by Crippen LogP contribution is 2.07. The SMILES string of the molecule is C=CCC(C)C(C)NCCCCC#N. The number of rotatable bonds is 8. The summed E-state index contributed by atoms with van der Waals surface area (Å²) in [6, 6.07) is 2.69. The third-order valence-corrected chi connectivity index (χ3v) is 2.57. The molecule has 1 N–H and O–H groups in total. The van der Waals surface area contributed by atoms with E-state index in [0.29, 0.717) is 18.4 Å². The fourth-order valence-electron chi connectivity index (χ4n) is 1.33. The van der Waals surface area contributed by atoms with E-state index in [0.717, 1.165) is 25.8 Å². The van der Waals surface area contributed by atoms with Crippen LogP contribution in [0.25, 0.3) is 0 Å². The monoisotopic (exact) mass is 194 g/mol. The summed E-state index contributed by atoms with van der Waals surface area (Å²) in [7, 11) is 0. The van der Waals surface area contributed by atoms with E-state index < -0.39 is 0 Å². The molecule has 0 heterocycles. The molecule has 0 rings (SSSR count). The average Bonchev–Trinajstić information content (AvgIpc) is 2.17. The Balaban J connectivity index is 3.39. The average molecular weight is 194 g/mol. The fraction of sp³-hybridized carbons (Fsp3) is 0.750. The summed E-state index contributed by atoms with van der Waals surface area (Å²) >= 11 is 0. The molecule has 2 atom stereocenters. The van der Waals surface area contributed by atoms with E-state index in [1.54, 1.807) is 0 Å². The summed E-state index contributed by atoms with van der Waals surface area (Å²) in [5, 5.41) is 11.8. The van der Waals surface area contributed by atoms with Crippen molar-refractivity contribution in [3.8, 4) is 6.07 Å². The topological polar surface area (TPSA) is 35.8 Å². The molecule has 2 unspecified atom stereocenters. The molecule has 0 fully saturated rings. The highest BCUT2D eigenvalue weighted by molar-refractivity contribution is 4.77. The third kappa shape index (κ3) is 6.68. The molecule has 0 aromatic heterocycles. The van der Waals surface area contributed by atoms with Crippen LogP contribution in [0, 0.1) is 17.2 Å². The molecular formula is C12H22N2. The Bertz CT molecular complexity index is 181. The fourth-order valence-corrected chi connectivity index (χ4v) is 1.33. The van der Waals surface area contributed by atoms with Gasteiger partial charge >= 0.3 is 0 Å². The number of nitrogens with zero attached hydrogens (tertiary/aromatic N) is 1. The maximum absolute atomic E-state index is 8.35. The van der Waals surface area contributed by atoms with Crippen LogP contribution in [-0.2, 0) is 0 Å². The minimum Gasteiger partial charge on any atom is -0.314 e. The summed E-state index contributed by atoms with van der Waals surface area (Å²) in [5.41, 5.74) is 0. The number of hydrogen-bond acceptors (Lipinski definition) is 2. The molecule has 14 heavy (non-hydrogen) atoms. The largest absolute Gasteiger partial charge is 0.314 e. The number of nitriles is 1. The normalized spacial score (nSPS) is 14.4. The molecule has 0 aliphatic rings. The van der Waals surface area contributed by atoms with E-state index in [1.165, 1.54) is 0 Å². The lowest BCUT2D eigenvalue weighted by Gasteiger charge is -2.19. The van der Waals surface area contributed by atoms with Gasteiger partial charge in [-0.1, -0.05) is 13.0 Å². The number of nitrogens with one attached hydrogen (secondary N) is 1. The van der Waals surface area contributed by atoms with Gasteiger partial charge in [0.25, 0.3) is 0 Å². The molecule has 0 saturated carbocycles. The summed E-state index contributed by atoms with van der Waals surface area (Å²) in [6.07, 6.45) is 5.81. The molecule has 2 nitrogen and oxygen atoms in total. The molecule has 0 aliphatic heterocycles. The van der Waals surface area contributed by atoms with Crippen LogP contribution in [0.3, 0.4) is 0 Å². The maximum atomic E-state index is 8.35. The van der Waals surface area contributed by atoms with Crippen LogP contribution in [0.1, 0.15) is 39.5 Å². The first-order valence-electron chi connectivity index (χ1n) is 5.43. The first kappa shape index (κ1) is 13.2. The zero-order chi connectivity index (χ0) is 10.8. The first-order valence-corrected chi connectivity index (χ1v) is 5.43. The van der Waals surface area contributed by atoms with Crippen LogP contribution in [0.2, 0.25) is 0 Å². The smallest absolute Gasteiger partial charge is 0.0621 e. The van der Waals surface area contributed by atoms with Crippen molar-refractivity contribution in [3.63, 3.8) is 0 Å². The van der Waals surface area contributed by atoms with E-state index in [9.17, 15) is 0 Å². The number of allylic oxidation sites excluding steroid dienone is 1. The Morgan fingerprint density at radius 3 is 2.71 bits per heavy atom. The van der Waals surface area contributed by atoms with Gasteiger partial charge in [-0.3, -0.25) is 0 Å². The predicted molar refractivity (Wildman–Crippen MR) is 60.9 cm³/mol. The highest BCUT2D eigenvalue weighted by Gasteiger charge is 2.08. The van der Waals surface area contributed by atoms with Gasteiger partial charge in [0, 0.05) is 12.5 Å². The van der Waals surface area contributed by atoms with Crippen molar-refractivity contribution in [2.24, 2.45) is 5.92 Å². The molecule has 80 valence electrons. The summed E-state index contributed by atoms with van der Waals surface area (Å²) < 4.78 is 0. The van der Waals surface area contributed by atoms with E-state index in [-0.39, 0.29) is 0 Å². The van der Waals surface area contributed by atoms with Crippen LogP contribution in [0.15, 0.2) is 12.7 Å². The third-order valence-electron chi connectivity index (χ3n) is 2.57. The van der Waals surface area contributed by atoms with Crippen LogP contribution in [0.4, 0.5) is 0 Å². The van der Waals surface area contributed by atoms with E-state index in [1.807, 2.05) is 6.08 Å². The van der Waals surface area contributed by atoms with Gasteiger partial charge in [0.05, 0.1) is 6.07 Å². The summed E-state index contributed by atoms with van der Waals surface area (Å²) in [5.74, 6) is 0.642. The Kier molecular flexibility index (Phi) is 8.27. The molecular weight excluding hydrogens is 172 g/mol. The quantitative estimate of drug-likeness (QED) is 0.476. The zero-order valence-electron chi connectivity index (χ0n) is 9.42. The molecule has 2 heteroatoms. The Morgan fingerprint density at radius 2 is 2.14 bits per heavy atom. The van der Waals surface area contributed by atoms with Crippen molar-refractivity contribution < 1.29 is 0 Å². The van der Waals surface area contributed by atoms with Crippen LogP contribution in [-0.4, -0.2) is 12.6 Å². The van der Waals surface area contributed by atoms with E-state index in [4.69, 9.17) is 5.26 Å². The predicted octanol–water partition coefficient (Wildman–Crippen LogP) is 2.87. The van der Waals surface area contributed by atoms with Gasteiger partial charge in [0.15, 0.2) is 0 Å². The van der Waals surface area contributed by atoms with Crippen molar-refractivity contribution in [1.82, 2.24) is 5.32 Å². The second-order valence-electron chi connectivity index (χ2n) is 3.86. The van der Waals surface area contributed by atoms with Crippen molar-refractivity contribution in [1.29, 1.82) is 5.26 Å². The lowest BCUT2D eigenvalue weighted by molar-refractivity contribution is 0.399. The lowest BCUT2D eigenvalue weighted by Crippen LogP contribution is -2.32. The zero-order valence-corrected chi connectivity index (χ0v) is 9.42. The second-order valence-corrected chi connectivity index (χ2v) is 3.86. The summed E-state index contributed by atoms with van der Waals surface area (Å²) in [6.45, 7) is 9.20. The van der Waals surface area contributed by atoms with E-state index in [2.05, 4.69) is 31.8 Å². The minimum atomic E-state index is 0.537. The molecule has 0 aromatic rings. The molecule has 0 aromatic carbocycles. The number of hydrogen-bond donors (Lipinski definition) is 1. The standard InChI is InChI=1S/C12H22N2/c1-4-8-11(2)12(3)14-10-7-5-6-9-13/h4,11-12,14H,1,5-8,10H2,2-3H3. The van der Waals surface area contributed by atoms with Gasteiger partial charge in [0.1, 0.15) is 0 Å². The van der Waals surface area contributed by atoms with Gasteiger partial charge in [0.2, 0.25) is 0 Å². The van der Waals surface area contributed by atoms with Crippen molar-refractivity contribution in [2.75, 3.05) is 6.54 Å². The molecule has 0 amide bonds. The van der Waals surface area contributed by atoms with Gasteiger partial charge in [-0.25, -0.2) is 0 Å². The van der Waals surface area contributed by atoms with Crippen molar-refractivity contribution in [2.45, 2.75) is 45.6 Å². The highest BCUT2D eigenvalue weighted by atomic mass is 14.9. The van der Waals surface area contributed by atoms with Gasteiger partial charge in [-0.05, 0) is 38.6 Å². The minimum absolute atomic E-state index is 0.537. The Labute approximate surface area is 88.0 Å². The maximum Gasteiger partial charge on any atom is 0.0621 e. The molecule has 0 saturated heterocycles. The van der Waals surface area contributed by atoms with E-state index >= 15 is 0 Å². The molecule has 0 aliphatic carbocycles. The van der Waals surface area contributed by atoms with Crippen LogP contribution < -0.4 is 5.32 Å². The first-order chi connectivity index (χ1) is 6.72.